The summed E-state index contributed by atoms with van der Waals surface area (Å²) in [6.45, 7) is 4.01. The van der Waals surface area contributed by atoms with Crippen LogP contribution in [0.2, 0.25) is 0 Å². The second-order valence-corrected chi connectivity index (χ2v) is 8.78. The number of imidazole rings is 1. The Kier molecular flexibility index (Phi) is 4.51. The lowest BCUT2D eigenvalue weighted by Gasteiger charge is -2.11. The molecule has 0 N–H and O–H groups in total. The van der Waals surface area contributed by atoms with E-state index in [2.05, 4.69) is 20.2 Å². The lowest BCUT2D eigenvalue weighted by atomic mass is 10.2. The van der Waals surface area contributed by atoms with Gasteiger partial charge in [0.15, 0.2) is 5.16 Å². The van der Waals surface area contributed by atoms with Crippen molar-refractivity contribution < 1.29 is 0 Å². The van der Waals surface area contributed by atoms with Crippen LogP contribution in [0.3, 0.4) is 0 Å². The van der Waals surface area contributed by atoms with Crippen LogP contribution in [0.1, 0.15) is 17.1 Å². The molecule has 0 atom stereocenters. The Morgan fingerprint density at radius 3 is 2.58 bits per heavy atom. The molecule has 6 rings (SSSR count). The Bertz CT molecular complexity index is 1720. The highest BCUT2D eigenvalue weighted by Gasteiger charge is 2.18. The fraction of sp³-hybridized carbons (Fsp3) is 0.125. The van der Waals surface area contributed by atoms with Gasteiger partial charge in [0.25, 0.3) is 5.56 Å². The van der Waals surface area contributed by atoms with Gasteiger partial charge in [-0.1, -0.05) is 42.1 Å². The minimum atomic E-state index is -0.120. The summed E-state index contributed by atoms with van der Waals surface area (Å²) >= 11 is 1.53. The number of para-hydroxylation sites is 2. The summed E-state index contributed by atoms with van der Waals surface area (Å²) in [5.74, 6) is 1.77. The summed E-state index contributed by atoms with van der Waals surface area (Å²) in [7, 11) is 0. The third-order valence-electron chi connectivity index (χ3n) is 5.57. The van der Waals surface area contributed by atoms with Crippen LogP contribution in [0.4, 0.5) is 0 Å². The highest BCUT2D eigenvalue weighted by Crippen LogP contribution is 2.25. The van der Waals surface area contributed by atoms with E-state index in [-0.39, 0.29) is 5.56 Å². The van der Waals surface area contributed by atoms with Gasteiger partial charge in [0.2, 0.25) is 11.6 Å². The summed E-state index contributed by atoms with van der Waals surface area (Å²) in [6, 6.07) is 19.1. The van der Waals surface area contributed by atoms with Crippen LogP contribution < -0.4 is 5.56 Å². The SMILES string of the molecule is Cc1cc(C)n2cc(CSc3nnc4n(-c5ccccc5)c(=O)c5ccccc5n34)nc2n1. The quantitative estimate of drug-likeness (QED) is 0.376. The molecule has 0 unspecified atom stereocenters. The van der Waals surface area contributed by atoms with Crippen molar-refractivity contribution in [2.24, 2.45) is 0 Å². The largest absolute Gasteiger partial charge is 0.288 e. The molecule has 0 aliphatic heterocycles. The summed E-state index contributed by atoms with van der Waals surface area (Å²) in [5.41, 5.74) is 4.34. The normalized spacial score (nSPS) is 11.7. The molecule has 0 aliphatic rings. The predicted octanol–water partition coefficient (Wildman–Crippen LogP) is 3.99. The zero-order chi connectivity index (χ0) is 22.5. The van der Waals surface area contributed by atoms with Crippen molar-refractivity contribution in [1.29, 1.82) is 0 Å². The maximum Gasteiger partial charge on any atom is 0.267 e. The van der Waals surface area contributed by atoms with Crippen LogP contribution in [0.5, 0.6) is 0 Å². The van der Waals surface area contributed by atoms with Gasteiger partial charge in [-0.15, -0.1) is 10.2 Å². The van der Waals surface area contributed by atoms with E-state index in [9.17, 15) is 4.79 Å². The number of fused-ring (bicyclic) bond motifs is 4. The van der Waals surface area contributed by atoms with Crippen molar-refractivity contribution in [3.63, 3.8) is 0 Å². The average Bonchev–Trinajstić information content (AvgIpc) is 3.43. The number of nitrogens with zero attached hydrogens (tertiary/aromatic N) is 7. The van der Waals surface area contributed by atoms with Gasteiger partial charge >= 0.3 is 0 Å². The summed E-state index contributed by atoms with van der Waals surface area (Å²) < 4.78 is 5.55. The van der Waals surface area contributed by atoms with Crippen LogP contribution in [0.25, 0.3) is 28.1 Å². The van der Waals surface area contributed by atoms with E-state index in [0.717, 1.165) is 28.3 Å². The van der Waals surface area contributed by atoms with E-state index in [1.54, 1.807) is 4.57 Å². The Morgan fingerprint density at radius 2 is 1.73 bits per heavy atom. The van der Waals surface area contributed by atoms with Crippen LogP contribution >= 0.6 is 11.8 Å². The summed E-state index contributed by atoms with van der Waals surface area (Å²) in [6.07, 6.45) is 2.01. The van der Waals surface area contributed by atoms with Gasteiger partial charge in [-0.2, -0.15) is 0 Å². The van der Waals surface area contributed by atoms with E-state index >= 15 is 0 Å². The third kappa shape index (κ3) is 3.20. The minimum absolute atomic E-state index is 0.120. The number of rotatable bonds is 4. The van der Waals surface area contributed by atoms with Crippen molar-refractivity contribution in [2.75, 3.05) is 0 Å². The van der Waals surface area contributed by atoms with Crippen LogP contribution in [0, 0.1) is 13.8 Å². The molecule has 33 heavy (non-hydrogen) atoms. The summed E-state index contributed by atoms with van der Waals surface area (Å²) in [5, 5.41) is 10.2. The predicted molar refractivity (Wildman–Crippen MR) is 128 cm³/mol. The molecule has 4 aromatic heterocycles. The zero-order valence-electron chi connectivity index (χ0n) is 18.0. The topological polar surface area (TPSA) is 82.4 Å². The molecular formula is C24H19N7OS. The molecule has 8 nitrogen and oxygen atoms in total. The standard InChI is InChI=1S/C24H19N7OS/c1-15-12-16(2)29-13-17(26-22(29)25-15)14-33-24-28-27-23-30(18-8-4-3-5-9-18)21(32)19-10-6-7-11-20(19)31(23)24/h3-13H,14H2,1-2H3. The van der Waals surface area contributed by atoms with E-state index in [1.807, 2.05) is 89.5 Å². The Balaban J connectivity index is 1.48. The molecule has 6 aromatic rings. The van der Waals surface area contributed by atoms with Gasteiger partial charge in [0, 0.05) is 23.3 Å². The van der Waals surface area contributed by atoms with Crippen molar-refractivity contribution in [1.82, 2.24) is 33.5 Å². The van der Waals surface area contributed by atoms with Crippen molar-refractivity contribution >= 4 is 34.2 Å². The maximum atomic E-state index is 13.3. The highest BCUT2D eigenvalue weighted by atomic mass is 32.2. The first kappa shape index (κ1) is 19.7. The molecule has 2 aromatic carbocycles. The first-order valence-corrected chi connectivity index (χ1v) is 11.5. The molecule has 9 heteroatoms. The first-order valence-electron chi connectivity index (χ1n) is 10.5. The molecule has 0 amide bonds. The molecule has 0 spiro atoms. The molecule has 4 heterocycles. The molecular weight excluding hydrogens is 434 g/mol. The Labute approximate surface area is 192 Å². The van der Waals surface area contributed by atoms with E-state index in [0.29, 0.717) is 27.9 Å². The third-order valence-corrected chi connectivity index (χ3v) is 6.53. The average molecular weight is 454 g/mol. The van der Waals surface area contributed by atoms with Crippen molar-refractivity contribution in [3.05, 3.63) is 94.3 Å². The molecule has 162 valence electrons. The monoisotopic (exact) mass is 453 g/mol. The van der Waals surface area contributed by atoms with E-state index in [1.165, 1.54) is 11.8 Å². The number of hydrogen-bond donors (Lipinski definition) is 0. The molecule has 0 bridgehead atoms. The van der Waals surface area contributed by atoms with E-state index in [4.69, 9.17) is 0 Å². The highest BCUT2D eigenvalue weighted by molar-refractivity contribution is 7.98. The molecule has 0 radical (unpaired) electrons. The van der Waals surface area contributed by atoms with Gasteiger partial charge in [-0.05, 0) is 44.2 Å². The molecule has 0 saturated carbocycles. The van der Waals surface area contributed by atoms with Crippen LogP contribution in [-0.4, -0.2) is 33.5 Å². The van der Waals surface area contributed by atoms with Gasteiger partial charge in [0.05, 0.1) is 22.3 Å². The second-order valence-electron chi connectivity index (χ2n) is 7.84. The number of aryl methyl sites for hydroxylation is 2. The van der Waals surface area contributed by atoms with Crippen molar-refractivity contribution in [3.8, 4) is 5.69 Å². The molecule has 0 fully saturated rings. The maximum absolute atomic E-state index is 13.3. The zero-order valence-corrected chi connectivity index (χ0v) is 18.8. The summed E-state index contributed by atoms with van der Waals surface area (Å²) in [4.78, 5) is 22.5. The smallest absolute Gasteiger partial charge is 0.267 e. The molecule has 0 aliphatic carbocycles. The number of hydrogen-bond acceptors (Lipinski definition) is 6. The van der Waals surface area contributed by atoms with Crippen LogP contribution in [0.15, 0.2) is 76.8 Å². The van der Waals surface area contributed by atoms with Gasteiger partial charge < -0.3 is 0 Å². The Morgan fingerprint density at radius 1 is 0.939 bits per heavy atom. The molecule has 0 saturated heterocycles. The van der Waals surface area contributed by atoms with Gasteiger partial charge in [-0.25, -0.2) is 14.5 Å². The van der Waals surface area contributed by atoms with Gasteiger partial charge in [0.1, 0.15) is 0 Å². The number of aromatic nitrogens is 7. The first-order chi connectivity index (χ1) is 16.1. The lowest BCUT2D eigenvalue weighted by Crippen LogP contribution is -2.21. The fourth-order valence-corrected chi connectivity index (χ4v) is 4.93. The van der Waals surface area contributed by atoms with E-state index < -0.39 is 0 Å². The number of benzene rings is 2. The number of thioether (sulfide) groups is 1. The van der Waals surface area contributed by atoms with Crippen LogP contribution in [-0.2, 0) is 5.75 Å². The minimum Gasteiger partial charge on any atom is -0.288 e. The fourth-order valence-electron chi connectivity index (χ4n) is 4.11. The second kappa shape index (κ2) is 7.56. The van der Waals surface area contributed by atoms with Crippen molar-refractivity contribution in [2.45, 2.75) is 24.8 Å². The lowest BCUT2D eigenvalue weighted by molar-refractivity contribution is 0.929. The Hall–Kier alpha value is -3.98. The van der Waals surface area contributed by atoms with Gasteiger partial charge in [-0.3, -0.25) is 13.6 Å².